The molecule has 2 saturated heterocycles. The van der Waals surface area contributed by atoms with Gasteiger partial charge in [-0.05, 0) is 58.1 Å². The molecule has 0 N–H and O–H groups in total. The third-order valence-electron chi connectivity index (χ3n) is 8.52. The number of carbonyl (C=O) groups excluding carboxylic acids is 1. The number of fused-ring (bicyclic) bond motifs is 2. The fourth-order valence-electron chi connectivity index (χ4n) is 6.67. The average molecular weight is 583 g/mol. The smallest absolute Gasteiger partial charge is 0.410 e. The maximum absolute atomic E-state index is 12.8. The van der Waals surface area contributed by atoms with Crippen LogP contribution in [0.2, 0.25) is 0 Å². The Balaban J connectivity index is 1.37. The van der Waals surface area contributed by atoms with Gasteiger partial charge >= 0.3 is 6.09 Å². The van der Waals surface area contributed by atoms with Gasteiger partial charge < -0.3 is 29.1 Å². The number of rotatable bonds is 3. The number of ether oxygens (including phenoxy) is 2. The summed E-state index contributed by atoms with van der Waals surface area (Å²) in [6.07, 6.45) is 0.602. The molecular weight excluding hydrogens is 540 g/mol. The molecule has 1 aromatic heterocycles. The Morgan fingerprint density at radius 2 is 1.60 bits per heavy atom. The Kier molecular flexibility index (Phi) is 7.82. The number of carbonyl (C=O) groups is 1. The van der Waals surface area contributed by atoms with Crippen molar-refractivity contribution in [2.24, 2.45) is 0 Å². The molecule has 3 aliphatic heterocycles. The summed E-state index contributed by atoms with van der Waals surface area (Å²) in [6.45, 7) is 15.1. The zero-order valence-corrected chi connectivity index (χ0v) is 26.0. The summed E-state index contributed by atoms with van der Waals surface area (Å²) >= 11 is 0. The molecular formula is C34H42N6O3. The molecule has 226 valence electrons. The van der Waals surface area contributed by atoms with E-state index in [2.05, 4.69) is 77.1 Å². The molecule has 4 heterocycles. The van der Waals surface area contributed by atoms with Gasteiger partial charge in [0.2, 0.25) is 0 Å². The Hall–Kier alpha value is -4.03. The van der Waals surface area contributed by atoms with Crippen molar-refractivity contribution in [2.45, 2.75) is 65.4 Å². The summed E-state index contributed by atoms with van der Waals surface area (Å²) < 4.78 is 11.7. The van der Waals surface area contributed by atoms with Crippen LogP contribution < -0.4 is 14.7 Å². The Bertz CT molecular complexity index is 1540. The van der Waals surface area contributed by atoms with Gasteiger partial charge in [0.1, 0.15) is 23.3 Å². The predicted octanol–water partition coefficient (Wildman–Crippen LogP) is 5.34. The van der Waals surface area contributed by atoms with Crippen molar-refractivity contribution in [3.05, 3.63) is 59.2 Å². The van der Waals surface area contributed by atoms with Crippen molar-refractivity contribution in [1.29, 1.82) is 5.26 Å². The minimum absolute atomic E-state index is 0.0427. The number of benzene rings is 2. The van der Waals surface area contributed by atoms with E-state index in [0.717, 1.165) is 35.7 Å². The van der Waals surface area contributed by atoms with Crippen LogP contribution in [0.5, 0.6) is 0 Å². The van der Waals surface area contributed by atoms with Crippen LogP contribution in [0.3, 0.4) is 0 Å². The van der Waals surface area contributed by atoms with Gasteiger partial charge in [0, 0.05) is 69.0 Å². The molecule has 2 aromatic carbocycles. The number of piperazine rings is 1. The van der Waals surface area contributed by atoms with E-state index in [4.69, 9.17) is 14.5 Å². The summed E-state index contributed by atoms with van der Waals surface area (Å²) in [5, 5.41) is 13.0. The highest BCUT2D eigenvalue weighted by molar-refractivity contribution is 5.94. The van der Waals surface area contributed by atoms with Gasteiger partial charge in [-0.2, -0.15) is 5.26 Å². The zero-order valence-electron chi connectivity index (χ0n) is 26.0. The number of nitrogens with zero attached hydrogens (tertiary/aromatic N) is 6. The maximum atomic E-state index is 12.8. The molecule has 2 unspecified atom stereocenters. The molecule has 0 saturated carbocycles. The van der Waals surface area contributed by atoms with Gasteiger partial charge in [-0.1, -0.05) is 36.4 Å². The van der Waals surface area contributed by atoms with Crippen molar-refractivity contribution in [3.8, 4) is 6.07 Å². The summed E-state index contributed by atoms with van der Waals surface area (Å²) in [5.41, 5.74) is 3.53. The number of morpholine rings is 1. The minimum Gasteiger partial charge on any atom is -0.444 e. The Labute approximate surface area is 254 Å². The Morgan fingerprint density at radius 1 is 0.907 bits per heavy atom. The monoisotopic (exact) mass is 582 g/mol. The van der Waals surface area contributed by atoms with Crippen molar-refractivity contribution in [2.75, 3.05) is 60.5 Å². The van der Waals surface area contributed by atoms with Crippen molar-refractivity contribution >= 4 is 34.2 Å². The van der Waals surface area contributed by atoms with E-state index in [1.807, 2.05) is 20.8 Å². The third-order valence-corrected chi connectivity index (χ3v) is 8.52. The minimum atomic E-state index is -0.529. The highest BCUT2D eigenvalue weighted by atomic mass is 16.6. The highest BCUT2D eigenvalue weighted by Gasteiger charge is 2.34. The first-order chi connectivity index (χ1) is 20.6. The van der Waals surface area contributed by atoms with Crippen LogP contribution in [-0.2, 0) is 22.4 Å². The lowest BCUT2D eigenvalue weighted by molar-refractivity contribution is -0.00548. The van der Waals surface area contributed by atoms with Gasteiger partial charge in [0.25, 0.3) is 0 Å². The van der Waals surface area contributed by atoms with E-state index in [0.29, 0.717) is 51.4 Å². The quantitative estimate of drug-likeness (QED) is 0.409. The number of pyridine rings is 1. The number of aromatic nitrogens is 1. The maximum Gasteiger partial charge on any atom is 0.410 e. The number of hydrogen-bond acceptors (Lipinski definition) is 8. The van der Waals surface area contributed by atoms with Crippen molar-refractivity contribution in [3.63, 3.8) is 0 Å². The molecule has 3 aromatic rings. The summed E-state index contributed by atoms with van der Waals surface area (Å²) in [5.74, 6) is 1.68. The molecule has 0 bridgehead atoms. The van der Waals surface area contributed by atoms with Crippen LogP contribution in [0, 0.1) is 11.3 Å². The average Bonchev–Trinajstić information content (AvgIpc) is 2.98. The largest absolute Gasteiger partial charge is 0.444 e. The van der Waals surface area contributed by atoms with Gasteiger partial charge in [0.15, 0.2) is 0 Å². The molecule has 6 rings (SSSR count). The fourth-order valence-corrected chi connectivity index (χ4v) is 6.67. The number of anilines is 3. The molecule has 9 heteroatoms. The topological polar surface area (TPSA) is 85.2 Å². The molecule has 0 spiro atoms. The second-order valence-electron chi connectivity index (χ2n) is 13.0. The normalized spacial score (nSPS) is 21.0. The molecule has 0 aliphatic carbocycles. The van der Waals surface area contributed by atoms with Gasteiger partial charge in [-0.15, -0.1) is 0 Å². The van der Waals surface area contributed by atoms with Gasteiger partial charge in [-0.3, -0.25) is 0 Å². The van der Waals surface area contributed by atoms with Crippen LogP contribution >= 0.6 is 0 Å². The van der Waals surface area contributed by atoms with Crippen molar-refractivity contribution < 1.29 is 14.3 Å². The van der Waals surface area contributed by atoms with Crippen LogP contribution in [0.15, 0.2) is 42.5 Å². The first-order valence-electron chi connectivity index (χ1n) is 15.4. The molecule has 9 nitrogen and oxygen atoms in total. The highest BCUT2D eigenvalue weighted by Crippen LogP contribution is 2.39. The second kappa shape index (κ2) is 11.6. The first-order valence-corrected chi connectivity index (χ1v) is 15.4. The predicted molar refractivity (Wildman–Crippen MR) is 170 cm³/mol. The van der Waals surface area contributed by atoms with Gasteiger partial charge in [-0.25, -0.2) is 9.78 Å². The number of amides is 1. The molecule has 0 radical (unpaired) electrons. The second-order valence-corrected chi connectivity index (χ2v) is 13.0. The van der Waals surface area contributed by atoms with E-state index in [-0.39, 0.29) is 18.3 Å². The van der Waals surface area contributed by atoms with E-state index in [1.165, 1.54) is 16.5 Å². The first kappa shape index (κ1) is 29.1. The number of hydrogen-bond donors (Lipinski definition) is 0. The van der Waals surface area contributed by atoms with E-state index >= 15 is 0 Å². The molecule has 2 atom stereocenters. The van der Waals surface area contributed by atoms with E-state index < -0.39 is 5.60 Å². The van der Waals surface area contributed by atoms with Gasteiger partial charge in [0.05, 0.1) is 17.8 Å². The lowest BCUT2D eigenvalue weighted by Crippen LogP contribution is -2.51. The lowest BCUT2D eigenvalue weighted by atomic mass is 9.94. The van der Waals surface area contributed by atoms with E-state index in [9.17, 15) is 10.1 Å². The molecule has 43 heavy (non-hydrogen) atoms. The summed E-state index contributed by atoms with van der Waals surface area (Å²) in [7, 11) is 0. The number of nitriles is 1. The van der Waals surface area contributed by atoms with Crippen LogP contribution in [0.1, 0.15) is 51.3 Å². The third kappa shape index (κ3) is 5.94. The van der Waals surface area contributed by atoms with E-state index in [1.54, 1.807) is 4.90 Å². The molecule has 2 fully saturated rings. The van der Waals surface area contributed by atoms with Crippen LogP contribution in [0.25, 0.3) is 10.8 Å². The molecule has 3 aliphatic rings. The summed E-state index contributed by atoms with van der Waals surface area (Å²) in [4.78, 5) is 26.8. The lowest BCUT2D eigenvalue weighted by Gasteiger charge is -2.41. The Morgan fingerprint density at radius 3 is 2.30 bits per heavy atom. The zero-order chi connectivity index (χ0) is 30.3. The molecule has 1 amide bonds. The summed E-state index contributed by atoms with van der Waals surface area (Å²) in [6, 6.07) is 17.5. The fraction of sp³-hybridized carbons (Fsp3) is 0.500. The van der Waals surface area contributed by atoms with Crippen LogP contribution in [-0.4, -0.2) is 79.6 Å². The standard InChI is InChI=1S/C34H42N6O3/c1-23-20-40(21-24(2)42-23)32-28(19-35)29-22-39(30-12-8-10-25-9-6-7-11-26(25)30)14-13-27(29)31(36-32)37-15-17-38(18-16-37)33(41)43-34(3,4)5/h6-12,23-24H,13-18,20-22H2,1-5H3. The van der Waals surface area contributed by atoms with Crippen molar-refractivity contribution in [1.82, 2.24) is 9.88 Å². The van der Waals surface area contributed by atoms with Crippen LogP contribution in [0.4, 0.5) is 22.1 Å². The SMILES string of the molecule is CC1CN(c2nc(N3CCN(C(=O)OC(C)(C)C)CC3)c3c(c2C#N)CN(c2cccc4ccccc24)CC3)CC(C)O1.